The van der Waals surface area contributed by atoms with E-state index in [9.17, 15) is 0 Å². The average molecular weight is 201 g/mol. The standard InChI is InChI=1S/Co.3H2O.Sr/h;3*1H2;/q+2;;;;+2. The molecule has 0 unspecified atom stereocenters. The van der Waals surface area contributed by atoms with Crippen LogP contribution in [0.4, 0.5) is 0 Å². The summed E-state index contributed by atoms with van der Waals surface area (Å²) >= 11 is 0. The van der Waals surface area contributed by atoms with Crippen molar-refractivity contribution in [2.75, 3.05) is 0 Å². The van der Waals surface area contributed by atoms with Crippen LogP contribution in [0.5, 0.6) is 0 Å². The van der Waals surface area contributed by atoms with Gasteiger partial charge in [0.1, 0.15) is 0 Å². The van der Waals surface area contributed by atoms with Gasteiger partial charge in [0.2, 0.25) is 0 Å². The smallest absolute Gasteiger partial charge is 0.412 e. The van der Waals surface area contributed by atoms with Crippen LogP contribution < -0.4 is 0 Å². The van der Waals surface area contributed by atoms with Gasteiger partial charge in [-0.3, -0.25) is 0 Å². The Kier molecular flexibility index (Phi) is 541. The van der Waals surface area contributed by atoms with Gasteiger partial charge in [-0.2, -0.15) is 0 Å². The zero-order valence-electron chi connectivity index (χ0n) is 2.54. The fourth-order valence-electron chi connectivity index (χ4n) is 0. The van der Waals surface area contributed by atoms with Gasteiger partial charge in [0, 0.05) is 0 Å². The number of hydrogen-bond donors (Lipinski definition) is 0. The van der Waals surface area contributed by atoms with E-state index in [2.05, 4.69) is 0 Å². The third-order valence-electron chi connectivity index (χ3n) is 0. The third-order valence-corrected chi connectivity index (χ3v) is 0. The Labute approximate surface area is 77.5 Å². The number of rotatable bonds is 0. The molecule has 0 amide bonds. The fraction of sp³-hybridized carbons (Fsp3) is 0. The second-order valence-electron chi connectivity index (χ2n) is 0. The van der Waals surface area contributed by atoms with E-state index in [0.29, 0.717) is 0 Å². The molecule has 0 aliphatic heterocycles. The van der Waals surface area contributed by atoms with Gasteiger partial charge < -0.3 is 16.4 Å². The van der Waals surface area contributed by atoms with Crippen molar-refractivity contribution in [3.8, 4) is 0 Å². The maximum absolute atomic E-state index is 0. The van der Waals surface area contributed by atoms with Crippen molar-refractivity contribution in [1.29, 1.82) is 0 Å². The Balaban J connectivity index is 0. The summed E-state index contributed by atoms with van der Waals surface area (Å²) in [6.07, 6.45) is 0. The minimum atomic E-state index is 0. The minimum absolute atomic E-state index is 0. The Morgan fingerprint density at radius 3 is 0.600 bits per heavy atom. The minimum Gasteiger partial charge on any atom is -0.412 e. The van der Waals surface area contributed by atoms with E-state index < -0.39 is 0 Å². The molecule has 0 rings (SSSR count). The first-order valence-electron chi connectivity index (χ1n) is 0. The van der Waals surface area contributed by atoms with Gasteiger partial charge in [0.15, 0.2) is 0 Å². The Morgan fingerprint density at radius 1 is 0.600 bits per heavy atom. The van der Waals surface area contributed by atoms with Gasteiger partial charge in [0.05, 0.1) is 0 Å². The largest absolute Gasteiger partial charge is 2.00 e. The molecule has 0 aromatic heterocycles. The molecule has 0 bridgehead atoms. The van der Waals surface area contributed by atoms with Crippen LogP contribution in [0, 0.1) is 0 Å². The maximum Gasteiger partial charge on any atom is 2.00 e. The van der Waals surface area contributed by atoms with Crippen molar-refractivity contribution >= 4 is 45.5 Å². The molecule has 0 aromatic carbocycles. The molecule has 6 N–H and O–H groups in total. The molecule has 0 spiro atoms. The molecule has 0 aromatic rings. The molecule has 0 saturated heterocycles. The zero-order chi connectivity index (χ0) is 0. The van der Waals surface area contributed by atoms with Gasteiger partial charge >= 0.3 is 62.3 Å². The molecule has 0 atom stereocenters. The van der Waals surface area contributed by atoms with E-state index in [-0.39, 0.29) is 78.7 Å². The molecule has 0 aliphatic carbocycles. The molecule has 5 heteroatoms. The van der Waals surface area contributed by atoms with Gasteiger partial charge in [-0.25, -0.2) is 0 Å². The van der Waals surface area contributed by atoms with Crippen molar-refractivity contribution in [1.82, 2.24) is 0 Å². The SMILES string of the molecule is O.O.O.[Co+2].[Sr+2]. The summed E-state index contributed by atoms with van der Waals surface area (Å²) in [4.78, 5) is 0. The quantitative estimate of drug-likeness (QED) is 0.376. The summed E-state index contributed by atoms with van der Waals surface area (Å²) in [6, 6.07) is 0. The van der Waals surface area contributed by atoms with E-state index in [0.717, 1.165) is 0 Å². The number of hydrogen-bond acceptors (Lipinski definition) is 0. The topological polar surface area (TPSA) is 94.5 Å². The predicted molar refractivity (Wildman–Crippen MR) is 16.6 cm³/mol. The van der Waals surface area contributed by atoms with Gasteiger partial charge in [-0.1, -0.05) is 0 Å². The summed E-state index contributed by atoms with van der Waals surface area (Å²) in [5.74, 6) is 0. The molecular formula is H6CoO3Sr+4. The molecule has 31 valence electrons. The molecular weight excluding hydrogens is 195 g/mol. The molecule has 0 fully saturated rings. The predicted octanol–water partition coefficient (Wildman–Crippen LogP) is -2.86. The van der Waals surface area contributed by atoms with E-state index in [4.69, 9.17) is 0 Å². The second-order valence-corrected chi connectivity index (χ2v) is 0. The average Bonchev–Trinajstić information content (AvgIpc) is 0. The maximum atomic E-state index is 0. The van der Waals surface area contributed by atoms with Crippen LogP contribution in [0.2, 0.25) is 0 Å². The molecule has 1 radical (unpaired) electrons. The van der Waals surface area contributed by atoms with Crippen molar-refractivity contribution in [2.24, 2.45) is 0 Å². The summed E-state index contributed by atoms with van der Waals surface area (Å²) < 4.78 is 0. The summed E-state index contributed by atoms with van der Waals surface area (Å²) in [5, 5.41) is 0. The first-order valence-corrected chi connectivity index (χ1v) is 0. The second kappa shape index (κ2) is 39.9. The van der Waals surface area contributed by atoms with E-state index in [1.165, 1.54) is 0 Å². The first kappa shape index (κ1) is 67.8. The summed E-state index contributed by atoms with van der Waals surface area (Å²) in [5.41, 5.74) is 0. The molecule has 5 heavy (non-hydrogen) atoms. The third kappa shape index (κ3) is 25.2. The summed E-state index contributed by atoms with van der Waals surface area (Å²) in [7, 11) is 0. The molecule has 0 saturated carbocycles. The van der Waals surface area contributed by atoms with Crippen molar-refractivity contribution in [3.05, 3.63) is 0 Å². The summed E-state index contributed by atoms with van der Waals surface area (Å²) in [6.45, 7) is 0. The molecule has 0 heterocycles. The van der Waals surface area contributed by atoms with Gasteiger partial charge in [-0.15, -0.1) is 0 Å². The monoisotopic (exact) mass is 201 g/mol. The van der Waals surface area contributed by atoms with Crippen LogP contribution in [-0.2, 0) is 16.8 Å². The Morgan fingerprint density at radius 2 is 0.600 bits per heavy atom. The van der Waals surface area contributed by atoms with Crippen LogP contribution in [0.3, 0.4) is 0 Å². The van der Waals surface area contributed by atoms with Crippen LogP contribution in [-0.4, -0.2) is 61.9 Å². The van der Waals surface area contributed by atoms with Crippen LogP contribution >= 0.6 is 0 Å². The first-order chi connectivity index (χ1) is 0. The van der Waals surface area contributed by atoms with Crippen LogP contribution in [0.25, 0.3) is 0 Å². The van der Waals surface area contributed by atoms with E-state index >= 15 is 0 Å². The zero-order valence-corrected chi connectivity index (χ0v) is 7.06. The van der Waals surface area contributed by atoms with Gasteiger partial charge in [0.25, 0.3) is 0 Å². The molecule has 3 nitrogen and oxygen atoms in total. The Bertz CT molecular complexity index is 6.85. The van der Waals surface area contributed by atoms with E-state index in [1.54, 1.807) is 0 Å². The normalized spacial score (nSPS) is 0. The van der Waals surface area contributed by atoms with Crippen LogP contribution in [0.1, 0.15) is 0 Å². The van der Waals surface area contributed by atoms with E-state index in [1.807, 2.05) is 0 Å². The van der Waals surface area contributed by atoms with Crippen molar-refractivity contribution in [2.45, 2.75) is 0 Å². The molecule has 0 aliphatic rings. The Hall–Kier alpha value is 1.87. The van der Waals surface area contributed by atoms with Crippen molar-refractivity contribution in [3.63, 3.8) is 0 Å². The van der Waals surface area contributed by atoms with Crippen molar-refractivity contribution < 1.29 is 33.2 Å². The van der Waals surface area contributed by atoms with Gasteiger partial charge in [-0.05, 0) is 0 Å². The fourth-order valence-corrected chi connectivity index (χ4v) is 0. The van der Waals surface area contributed by atoms with Crippen LogP contribution in [0.15, 0.2) is 0 Å².